The molecule has 7 nitrogen and oxygen atoms in total. The van der Waals surface area contributed by atoms with E-state index in [0.29, 0.717) is 23.6 Å². The number of carbonyl (C=O) groups excluding carboxylic acids is 1. The molecule has 3 heterocycles. The van der Waals surface area contributed by atoms with Crippen LogP contribution in [0.25, 0.3) is 0 Å². The zero-order chi connectivity index (χ0) is 18.7. The van der Waals surface area contributed by atoms with Crippen molar-refractivity contribution in [2.75, 3.05) is 26.3 Å². The van der Waals surface area contributed by atoms with E-state index in [4.69, 9.17) is 9.26 Å². The lowest BCUT2D eigenvalue weighted by Gasteiger charge is -2.25. The van der Waals surface area contributed by atoms with Crippen molar-refractivity contribution in [3.05, 3.63) is 33.1 Å². The van der Waals surface area contributed by atoms with Crippen molar-refractivity contribution < 1.29 is 14.1 Å². The number of hydrogen-bond donors (Lipinski definition) is 1. The third kappa shape index (κ3) is 4.49. The molecule has 142 valence electrons. The average molecular weight is 378 g/mol. The Kier molecular flexibility index (Phi) is 5.74. The number of morpholine rings is 1. The number of nitrogens with zero attached hydrogens (tertiary/aromatic N) is 3. The zero-order valence-electron chi connectivity index (χ0n) is 15.8. The van der Waals surface area contributed by atoms with Gasteiger partial charge in [-0.05, 0) is 6.92 Å². The number of aromatic nitrogens is 2. The van der Waals surface area contributed by atoms with E-state index in [1.165, 1.54) is 0 Å². The lowest BCUT2D eigenvalue weighted by Crippen LogP contribution is -2.35. The van der Waals surface area contributed by atoms with Gasteiger partial charge in [0.25, 0.3) is 5.91 Å². The van der Waals surface area contributed by atoms with Crippen LogP contribution in [0, 0.1) is 6.92 Å². The highest BCUT2D eigenvalue weighted by Gasteiger charge is 2.28. The molecule has 8 heteroatoms. The Hall–Kier alpha value is -1.77. The van der Waals surface area contributed by atoms with Crippen molar-refractivity contribution >= 4 is 17.2 Å². The van der Waals surface area contributed by atoms with E-state index in [9.17, 15) is 4.79 Å². The second-order valence-electron chi connectivity index (χ2n) is 7.52. The summed E-state index contributed by atoms with van der Waals surface area (Å²) in [4.78, 5) is 19.6. The summed E-state index contributed by atoms with van der Waals surface area (Å²) < 4.78 is 10.6. The number of nitrogens with one attached hydrogen (secondary N) is 1. The van der Waals surface area contributed by atoms with Gasteiger partial charge in [0.15, 0.2) is 0 Å². The highest BCUT2D eigenvalue weighted by atomic mass is 32.1. The van der Waals surface area contributed by atoms with Gasteiger partial charge in [-0.2, -0.15) is 0 Å². The highest BCUT2D eigenvalue weighted by Crippen LogP contribution is 2.27. The Morgan fingerprint density at radius 2 is 2.08 bits per heavy atom. The molecule has 1 fully saturated rings. The predicted molar refractivity (Wildman–Crippen MR) is 99.3 cm³/mol. The number of thiazole rings is 1. The molecule has 0 aromatic carbocycles. The molecule has 0 bridgehead atoms. The molecule has 3 rings (SSSR count). The fourth-order valence-electron chi connectivity index (χ4n) is 2.89. The summed E-state index contributed by atoms with van der Waals surface area (Å²) in [5.41, 5.74) is 2.00. The molecule has 0 unspecified atom stereocenters. The third-order valence-corrected chi connectivity index (χ3v) is 5.19. The number of amides is 1. The van der Waals surface area contributed by atoms with Gasteiger partial charge in [0.05, 0.1) is 25.5 Å². The molecular formula is C18H26N4O3S. The predicted octanol–water partition coefficient (Wildman–Crippen LogP) is 2.50. The van der Waals surface area contributed by atoms with Gasteiger partial charge in [-0.15, -0.1) is 11.3 Å². The van der Waals surface area contributed by atoms with Crippen molar-refractivity contribution in [1.29, 1.82) is 0 Å². The first-order chi connectivity index (χ1) is 12.3. The average Bonchev–Trinajstić information content (AvgIpc) is 3.20. The molecular weight excluding hydrogens is 352 g/mol. The van der Waals surface area contributed by atoms with Crippen LogP contribution in [0.15, 0.2) is 9.90 Å². The number of ether oxygens (including phenoxy) is 1. The van der Waals surface area contributed by atoms with Gasteiger partial charge in [-0.25, -0.2) is 4.98 Å². The van der Waals surface area contributed by atoms with Crippen LogP contribution in [0.1, 0.15) is 53.3 Å². The summed E-state index contributed by atoms with van der Waals surface area (Å²) in [7, 11) is 0. The van der Waals surface area contributed by atoms with Crippen LogP contribution in [0.5, 0.6) is 0 Å². The molecule has 0 spiro atoms. The van der Waals surface area contributed by atoms with Crippen LogP contribution in [-0.2, 0) is 23.2 Å². The fraction of sp³-hybridized carbons (Fsp3) is 0.611. The van der Waals surface area contributed by atoms with Crippen LogP contribution in [0.4, 0.5) is 0 Å². The Morgan fingerprint density at radius 1 is 1.35 bits per heavy atom. The molecule has 0 atom stereocenters. The standard InChI is InChI=1S/C18H26N4O3S/c1-12-15(16(21-25-12)18(2,3)4)17(23)19-9-14-20-13(11-26-14)10-22-5-7-24-8-6-22/h11H,5-10H2,1-4H3,(H,19,23). The minimum atomic E-state index is -0.253. The van der Waals surface area contributed by atoms with Crippen molar-refractivity contribution in [1.82, 2.24) is 20.4 Å². The normalized spacial score (nSPS) is 16.0. The van der Waals surface area contributed by atoms with Crippen molar-refractivity contribution in [3.63, 3.8) is 0 Å². The second-order valence-corrected chi connectivity index (χ2v) is 8.46. The van der Waals surface area contributed by atoms with Gasteiger partial charge in [0, 0.05) is 30.4 Å². The van der Waals surface area contributed by atoms with Gasteiger partial charge in [0.2, 0.25) is 0 Å². The summed E-state index contributed by atoms with van der Waals surface area (Å²) in [6, 6.07) is 0. The van der Waals surface area contributed by atoms with Gasteiger partial charge in [0.1, 0.15) is 22.0 Å². The Labute approximate surface area is 157 Å². The number of carbonyl (C=O) groups is 1. The minimum absolute atomic E-state index is 0.168. The van der Waals surface area contributed by atoms with Crippen LogP contribution in [-0.4, -0.2) is 47.3 Å². The van der Waals surface area contributed by atoms with Crippen molar-refractivity contribution in [3.8, 4) is 0 Å². The van der Waals surface area contributed by atoms with Crippen LogP contribution in [0.2, 0.25) is 0 Å². The zero-order valence-corrected chi connectivity index (χ0v) is 16.6. The first kappa shape index (κ1) is 19.0. The second kappa shape index (κ2) is 7.85. The number of aryl methyl sites for hydroxylation is 1. The minimum Gasteiger partial charge on any atom is -0.379 e. The largest absolute Gasteiger partial charge is 0.379 e. The first-order valence-electron chi connectivity index (χ1n) is 8.83. The molecule has 0 aliphatic carbocycles. The molecule has 2 aromatic heterocycles. The van der Waals surface area contributed by atoms with E-state index in [2.05, 4.69) is 25.7 Å². The molecule has 1 aliphatic heterocycles. The SMILES string of the molecule is Cc1onc(C(C)(C)C)c1C(=O)NCc1nc(CN2CCOCC2)cs1. The molecule has 1 amide bonds. The van der Waals surface area contributed by atoms with Gasteiger partial charge >= 0.3 is 0 Å². The lowest BCUT2D eigenvalue weighted by molar-refractivity contribution is 0.0337. The number of rotatable bonds is 5. The molecule has 1 saturated heterocycles. The molecule has 1 N–H and O–H groups in total. The molecule has 1 aliphatic rings. The summed E-state index contributed by atoms with van der Waals surface area (Å²) in [5.74, 6) is 0.373. The fourth-order valence-corrected chi connectivity index (χ4v) is 3.61. The van der Waals surface area contributed by atoms with E-state index in [0.717, 1.165) is 43.5 Å². The van der Waals surface area contributed by atoms with Gasteiger partial charge < -0.3 is 14.6 Å². The van der Waals surface area contributed by atoms with Crippen LogP contribution >= 0.6 is 11.3 Å². The van der Waals surface area contributed by atoms with E-state index < -0.39 is 0 Å². The highest BCUT2D eigenvalue weighted by molar-refractivity contribution is 7.09. The summed E-state index contributed by atoms with van der Waals surface area (Å²) >= 11 is 1.57. The lowest BCUT2D eigenvalue weighted by atomic mass is 9.88. The Morgan fingerprint density at radius 3 is 2.77 bits per heavy atom. The summed E-state index contributed by atoms with van der Waals surface area (Å²) in [6.45, 7) is 12.5. The maximum atomic E-state index is 12.6. The maximum absolute atomic E-state index is 12.6. The number of hydrogen-bond acceptors (Lipinski definition) is 7. The molecule has 26 heavy (non-hydrogen) atoms. The van der Waals surface area contributed by atoms with Crippen molar-refractivity contribution in [2.45, 2.75) is 46.2 Å². The monoisotopic (exact) mass is 378 g/mol. The smallest absolute Gasteiger partial charge is 0.257 e. The van der Waals surface area contributed by atoms with E-state index in [1.54, 1.807) is 18.3 Å². The molecule has 0 radical (unpaired) electrons. The first-order valence-corrected chi connectivity index (χ1v) is 9.71. The van der Waals surface area contributed by atoms with Crippen LogP contribution < -0.4 is 5.32 Å². The summed E-state index contributed by atoms with van der Waals surface area (Å²) in [5, 5.41) is 9.97. The molecule has 0 saturated carbocycles. The van der Waals surface area contributed by atoms with E-state index in [1.807, 2.05) is 20.8 Å². The topological polar surface area (TPSA) is 80.5 Å². The van der Waals surface area contributed by atoms with Gasteiger partial charge in [-0.3, -0.25) is 9.69 Å². The maximum Gasteiger partial charge on any atom is 0.257 e. The van der Waals surface area contributed by atoms with Crippen LogP contribution in [0.3, 0.4) is 0 Å². The van der Waals surface area contributed by atoms with Crippen molar-refractivity contribution in [2.24, 2.45) is 0 Å². The Bertz CT molecular complexity index is 757. The van der Waals surface area contributed by atoms with Gasteiger partial charge in [-0.1, -0.05) is 25.9 Å². The quantitative estimate of drug-likeness (QED) is 0.861. The molecule has 2 aromatic rings. The van der Waals surface area contributed by atoms with E-state index >= 15 is 0 Å². The third-order valence-electron chi connectivity index (χ3n) is 4.29. The Balaban J connectivity index is 1.59. The van der Waals surface area contributed by atoms with E-state index in [-0.39, 0.29) is 11.3 Å². The summed E-state index contributed by atoms with van der Waals surface area (Å²) in [6.07, 6.45) is 0.